The molecule has 32 heavy (non-hydrogen) atoms. The van der Waals surface area contributed by atoms with Crippen LogP contribution in [0, 0.1) is 34.0 Å². The van der Waals surface area contributed by atoms with Crippen molar-refractivity contribution in [1.29, 1.82) is 0 Å². The highest BCUT2D eigenvalue weighted by molar-refractivity contribution is 8.14. The van der Waals surface area contributed by atoms with Gasteiger partial charge in [-0.1, -0.05) is 52.0 Å². The van der Waals surface area contributed by atoms with Gasteiger partial charge < -0.3 is 10.2 Å². The Hall–Kier alpha value is -0.980. The Kier molecular flexibility index (Phi) is 5.87. The third-order valence-electron chi connectivity index (χ3n) is 9.46. The molecule has 0 heterocycles. The highest BCUT2D eigenvalue weighted by Crippen LogP contribution is 2.67. The maximum atomic E-state index is 13.3. The van der Waals surface area contributed by atoms with Crippen molar-refractivity contribution in [3.8, 4) is 0 Å². The Morgan fingerprint density at radius 3 is 2.50 bits per heavy atom. The summed E-state index contributed by atoms with van der Waals surface area (Å²) >= 11 is 1.00. The van der Waals surface area contributed by atoms with E-state index < -0.39 is 22.5 Å². The van der Waals surface area contributed by atoms with E-state index in [0.717, 1.165) is 37.4 Å². The summed E-state index contributed by atoms with van der Waals surface area (Å²) in [4.78, 5) is 37.7. The second kappa shape index (κ2) is 7.78. The molecule has 6 heteroatoms. The molecule has 0 aromatic heterocycles. The van der Waals surface area contributed by atoms with Gasteiger partial charge in [0.15, 0.2) is 16.7 Å². The molecule has 5 nitrogen and oxygen atoms in total. The summed E-state index contributed by atoms with van der Waals surface area (Å²) in [5.74, 6) is 0.332. The Morgan fingerprint density at radius 2 is 1.84 bits per heavy atom. The quantitative estimate of drug-likeness (QED) is 0.656. The normalized spacial score (nSPS) is 43.7. The Balaban J connectivity index is 1.59. The van der Waals surface area contributed by atoms with Gasteiger partial charge in [0.25, 0.3) is 0 Å². The van der Waals surface area contributed by atoms with Gasteiger partial charge >= 0.3 is 0 Å². The zero-order chi connectivity index (χ0) is 23.7. The van der Waals surface area contributed by atoms with Crippen molar-refractivity contribution >= 4 is 28.4 Å². The van der Waals surface area contributed by atoms with E-state index in [1.807, 2.05) is 33.8 Å². The minimum absolute atomic E-state index is 0.0220. The van der Waals surface area contributed by atoms with E-state index in [2.05, 4.69) is 6.92 Å². The van der Waals surface area contributed by atoms with Gasteiger partial charge in [-0.05, 0) is 67.8 Å². The maximum Gasteiger partial charge on any atom is 0.194 e. The van der Waals surface area contributed by atoms with Crippen LogP contribution in [0.5, 0.6) is 0 Å². The predicted octanol–water partition coefficient (Wildman–Crippen LogP) is 4.10. The molecule has 7 atom stereocenters. The first-order valence-electron chi connectivity index (χ1n) is 12.1. The summed E-state index contributed by atoms with van der Waals surface area (Å²) in [7, 11) is 0. The molecule has 0 spiro atoms. The van der Waals surface area contributed by atoms with E-state index in [1.165, 1.54) is 5.57 Å². The number of Topliss-reactive ketones (excluding diaryl/α,β-unsaturated/α-hetero) is 1. The topological polar surface area (TPSA) is 91.7 Å². The van der Waals surface area contributed by atoms with E-state index in [9.17, 15) is 24.6 Å². The molecule has 3 fully saturated rings. The fourth-order valence-corrected chi connectivity index (χ4v) is 8.55. The minimum atomic E-state index is -1.51. The Morgan fingerprint density at radius 1 is 1.16 bits per heavy atom. The van der Waals surface area contributed by atoms with Gasteiger partial charge in [-0.3, -0.25) is 14.4 Å². The first kappa shape index (κ1) is 24.2. The van der Waals surface area contributed by atoms with Crippen LogP contribution in [0.3, 0.4) is 0 Å². The highest BCUT2D eigenvalue weighted by Gasteiger charge is 2.68. The van der Waals surface area contributed by atoms with Crippen LogP contribution in [0.2, 0.25) is 0 Å². The number of fused-ring (bicyclic) bond motifs is 5. The molecule has 4 aliphatic rings. The van der Waals surface area contributed by atoms with E-state index >= 15 is 0 Å². The Labute approximate surface area is 195 Å². The third kappa shape index (κ3) is 3.47. The minimum Gasteiger partial charge on any atom is -0.393 e. The first-order chi connectivity index (χ1) is 14.7. The largest absolute Gasteiger partial charge is 0.393 e. The molecule has 4 rings (SSSR count). The number of aliphatic hydroxyl groups is 2. The van der Waals surface area contributed by atoms with Crippen LogP contribution in [0.1, 0.15) is 79.6 Å². The zero-order valence-corrected chi connectivity index (χ0v) is 20.9. The Bertz CT molecular complexity index is 872. The molecular formula is C26H38O5S. The van der Waals surface area contributed by atoms with Crippen LogP contribution in [0.15, 0.2) is 11.6 Å². The molecule has 2 N–H and O–H groups in total. The van der Waals surface area contributed by atoms with Crippen LogP contribution in [0.4, 0.5) is 0 Å². The fourth-order valence-electron chi connectivity index (χ4n) is 7.62. The SMILES string of the molecule is CC(C)(C)C(=O)SCC(=O)[C@@]1(O)CC[C@H]2[C@@H]3CCC4=CC(=O)CC[C@]4(C)C3[C@@H](O)C[C@@]21C. The lowest BCUT2D eigenvalue weighted by Crippen LogP contribution is -2.62. The smallest absolute Gasteiger partial charge is 0.194 e. The summed E-state index contributed by atoms with van der Waals surface area (Å²) < 4.78 is 0. The summed E-state index contributed by atoms with van der Waals surface area (Å²) in [6.45, 7) is 9.68. The average molecular weight is 463 g/mol. The summed E-state index contributed by atoms with van der Waals surface area (Å²) in [6.07, 6.45) is 5.78. The number of thioether (sulfide) groups is 1. The second-order valence-corrected chi connectivity index (χ2v) is 13.2. The van der Waals surface area contributed by atoms with E-state index in [4.69, 9.17) is 0 Å². The number of rotatable bonds is 3. The zero-order valence-electron chi connectivity index (χ0n) is 20.1. The van der Waals surface area contributed by atoms with E-state index in [1.54, 1.807) is 0 Å². The predicted molar refractivity (Wildman–Crippen MR) is 125 cm³/mol. The molecule has 0 bridgehead atoms. The van der Waals surface area contributed by atoms with Crippen molar-refractivity contribution in [2.75, 3.05) is 5.75 Å². The van der Waals surface area contributed by atoms with Crippen molar-refractivity contribution < 1.29 is 24.6 Å². The van der Waals surface area contributed by atoms with Crippen molar-refractivity contribution in [3.63, 3.8) is 0 Å². The summed E-state index contributed by atoms with van der Waals surface area (Å²) in [6, 6.07) is 0. The van der Waals surface area contributed by atoms with Gasteiger partial charge in [0.1, 0.15) is 5.60 Å². The third-order valence-corrected chi connectivity index (χ3v) is 10.7. The second-order valence-electron chi connectivity index (χ2n) is 12.2. The molecule has 178 valence electrons. The lowest BCUT2D eigenvalue weighted by Gasteiger charge is -2.60. The van der Waals surface area contributed by atoms with Crippen LogP contribution in [-0.2, 0) is 14.4 Å². The number of ketones is 2. The van der Waals surface area contributed by atoms with Gasteiger partial charge in [-0.25, -0.2) is 0 Å². The van der Waals surface area contributed by atoms with Crippen LogP contribution >= 0.6 is 11.8 Å². The molecular weight excluding hydrogens is 424 g/mol. The van der Waals surface area contributed by atoms with Crippen molar-refractivity contribution in [1.82, 2.24) is 0 Å². The van der Waals surface area contributed by atoms with Gasteiger partial charge in [0, 0.05) is 17.3 Å². The maximum absolute atomic E-state index is 13.3. The molecule has 0 aliphatic heterocycles. The van der Waals surface area contributed by atoms with Crippen LogP contribution in [-0.4, -0.2) is 44.4 Å². The van der Waals surface area contributed by atoms with Gasteiger partial charge in [0.05, 0.1) is 11.9 Å². The van der Waals surface area contributed by atoms with Gasteiger partial charge in [0.2, 0.25) is 0 Å². The molecule has 0 saturated heterocycles. The molecule has 1 unspecified atom stereocenters. The van der Waals surface area contributed by atoms with Crippen LogP contribution < -0.4 is 0 Å². The number of aliphatic hydroxyl groups excluding tert-OH is 1. The monoisotopic (exact) mass is 462 g/mol. The summed E-state index contributed by atoms with van der Waals surface area (Å²) in [5, 5.41) is 23.1. The fraction of sp³-hybridized carbons (Fsp3) is 0.808. The number of hydrogen-bond acceptors (Lipinski definition) is 6. The van der Waals surface area contributed by atoms with Gasteiger partial charge in [-0.2, -0.15) is 0 Å². The molecule has 3 saturated carbocycles. The van der Waals surface area contributed by atoms with E-state index in [0.29, 0.717) is 19.3 Å². The standard InChI is InChI=1S/C26H38O5S/c1-23(2,3)22(30)32-14-20(29)26(31)11-9-18-17-7-6-15-12-16(27)8-10-24(15,4)21(17)19(28)13-25(18,26)5/h12,17-19,21,28,31H,6-11,13-14H2,1-5H3/t17-,18-,19-,21?,24-,25-,26-/m0/s1. The highest BCUT2D eigenvalue weighted by atomic mass is 32.2. The van der Waals surface area contributed by atoms with Crippen LogP contribution in [0.25, 0.3) is 0 Å². The lowest BCUT2D eigenvalue weighted by molar-refractivity contribution is -0.178. The number of carbonyl (C=O) groups excluding carboxylic acids is 3. The lowest BCUT2D eigenvalue weighted by atomic mass is 9.45. The molecule has 0 radical (unpaired) electrons. The molecule has 0 amide bonds. The van der Waals surface area contributed by atoms with E-state index in [-0.39, 0.29) is 45.6 Å². The van der Waals surface area contributed by atoms with Gasteiger partial charge in [-0.15, -0.1) is 0 Å². The number of hydrogen-bond donors (Lipinski definition) is 2. The van der Waals surface area contributed by atoms with Crippen molar-refractivity contribution in [2.24, 2.45) is 34.0 Å². The van der Waals surface area contributed by atoms with Crippen molar-refractivity contribution in [3.05, 3.63) is 11.6 Å². The first-order valence-corrected chi connectivity index (χ1v) is 13.1. The summed E-state index contributed by atoms with van der Waals surface area (Å²) in [5.41, 5.74) is -1.74. The molecule has 4 aliphatic carbocycles. The molecule has 0 aromatic rings. The number of allylic oxidation sites excluding steroid dienone is 1. The number of carbonyl (C=O) groups is 3. The van der Waals surface area contributed by atoms with Crippen molar-refractivity contribution in [2.45, 2.75) is 91.3 Å². The average Bonchev–Trinajstić information content (AvgIpc) is 2.97. The molecule has 0 aromatic carbocycles.